The van der Waals surface area contributed by atoms with Crippen molar-refractivity contribution in [1.29, 1.82) is 0 Å². The van der Waals surface area contributed by atoms with Crippen LogP contribution in [0.2, 0.25) is 0 Å². The third kappa shape index (κ3) is 2.05. The Morgan fingerprint density at radius 3 is 2.00 bits per heavy atom. The highest BCUT2D eigenvalue weighted by atomic mass is 15.2. The largest absolute Gasteiger partial charge is 0.237 e. The average Bonchev–Trinajstić information content (AvgIpc) is 2.67. The van der Waals surface area contributed by atoms with Crippen LogP contribution in [0.5, 0.6) is 0 Å². The molecule has 0 atom stereocenters. The average molecular weight is 244 g/mol. The topological polar surface area (TPSA) is 17.3 Å². The zero-order valence-corrected chi connectivity index (χ0v) is 12.4. The summed E-state index contributed by atoms with van der Waals surface area (Å²) in [6.07, 6.45) is 1.93. The lowest BCUT2D eigenvalue weighted by molar-refractivity contribution is 0.718. The van der Waals surface area contributed by atoms with Crippen molar-refractivity contribution in [3.05, 3.63) is 35.2 Å². The molecule has 0 saturated heterocycles. The molecule has 0 fully saturated rings. The summed E-state index contributed by atoms with van der Waals surface area (Å²) < 4.78 is 2.15. The summed E-state index contributed by atoms with van der Waals surface area (Å²) in [5.41, 5.74) is 5.46. The lowest BCUT2D eigenvalue weighted by Gasteiger charge is -2.12. The van der Waals surface area contributed by atoms with E-state index in [1.165, 1.54) is 22.3 Å². The smallest absolute Gasteiger partial charge is 0.0687 e. The van der Waals surface area contributed by atoms with Crippen molar-refractivity contribution in [2.24, 2.45) is 0 Å². The van der Waals surface area contributed by atoms with Crippen molar-refractivity contribution in [2.45, 2.75) is 59.3 Å². The van der Waals surface area contributed by atoms with Crippen molar-refractivity contribution in [3.63, 3.8) is 0 Å². The highest BCUT2D eigenvalue weighted by Gasteiger charge is 2.18. The summed E-state index contributed by atoms with van der Waals surface area (Å²) in [5, 5.41) is 4.57. The maximum atomic E-state index is 4.57. The fraction of sp³-hybridized carbons (Fsp3) is 0.562. The van der Waals surface area contributed by atoms with Gasteiger partial charge in [0.05, 0.1) is 5.52 Å². The van der Waals surface area contributed by atoms with Gasteiger partial charge in [0, 0.05) is 11.9 Å². The highest BCUT2D eigenvalue weighted by Crippen LogP contribution is 2.32. The number of rotatable bonds is 3. The fourth-order valence-electron chi connectivity index (χ4n) is 2.66. The van der Waals surface area contributed by atoms with Gasteiger partial charge in [-0.15, -0.1) is 0 Å². The number of aromatic nitrogens is 2. The maximum Gasteiger partial charge on any atom is 0.0687 e. The summed E-state index contributed by atoms with van der Waals surface area (Å²) in [4.78, 5) is 0. The standard InChI is InChI=1S/C16H24N2/c1-10(2)13-7-8-17-18-15(13)9-14(11(3)4)16(18)12(5)6/h7-12H,1-6H3. The van der Waals surface area contributed by atoms with E-state index in [1.807, 2.05) is 6.20 Å². The predicted octanol–water partition coefficient (Wildman–Crippen LogP) is 4.70. The molecule has 2 nitrogen and oxygen atoms in total. The summed E-state index contributed by atoms with van der Waals surface area (Å²) in [7, 11) is 0. The summed E-state index contributed by atoms with van der Waals surface area (Å²) in [6.45, 7) is 13.5. The molecule has 2 heteroatoms. The Balaban J connectivity index is 2.80. The number of hydrogen-bond donors (Lipinski definition) is 0. The van der Waals surface area contributed by atoms with Crippen LogP contribution in [0.3, 0.4) is 0 Å². The van der Waals surface area contributed by atoms with Gasteiger partial charge in [0.25, 0.3) is 0 Å². The van der Waals surface area contributed by atoms with E-state index in [-0.39, 0.29) is 0 Å². The molecule has 18 heavy (non-hydrogen) atoms. The van der Waals surface area contributed by atoms with Crippen molar-refractivity contribution >= 4 is 5.52 Å². The first-order valence-electron chi connectivity index (χ1n) is 6.93. The van der Waals surface area contributed by atoms with Crippen LogP contribution in [0.4, 0.5) is 0 Å². The Kier molecular flexibility index (Phi) is 3.47. The monoisotopic (exact) mass is 244 g/mol. The third-order valence-electron chi connectivity index (χ3n) is 3.57. The second kappa shape index (κ2) is 4.75. The minimum atomic E-state index is 0.500. The first kappa shape index (κ1) is 13.1. The molecular weight excluding hydrogens is 220 g/mol. The molecule has 0 aromatic carbocycles. The van der Waals surface area contributed by atoms with Crippen molar-refractivity contribution in [3.8, 4) is 0 Å². The molecule has 2 rings (SSSR count). The van der Waals surface area contributed by atoms with Gasteiger partial charge in [0.15, 0.2) is 0 Å². The van der Waals surface area contributed by atoms with E-state index in [9.17, 15) is 0 Å². The van der Waals surface area contributed by atoms with Gasteiger partial charge < -0.3 is 0 Å². The molecule has 0 bridgehead atoms. The van der Waals surface area contributed by atoms with Gasteiger partial charge in [0.1, 0.15) is 0 Å². The van der Waals surface area contributed by atoms with Gasteiger partial charge >= 0.3 is 0 Å². The van der Waals surface area contributed by atoms with E-state index in [1.54, 1.807) is 0 Å². The molecule has 2 aromatic rings. The number of fused-ring (bicyclic) bond motifs is 1. The first-order valence-corrected chi connectivity index (χ1v) is 6.93. The van der Waals surface area contributed by atoms with Crippen LogP contribution in [0.1, 0.15) is 76.1 Å². The molecule has 0 saturated carbocycles. The van der Waals surface area contributed by atoms with Crippen LogP contribution in [-0.2, 0) is 0 Å². The van der Waals surface area contributed by atoms with Crippen LogP contribution in [0.15, 0.2) is 18.3 Å². The van der Waals surface area contributed by atoms with Crippen molar-refractivity contribution in [1.82, 2.24) is 9.61 Å². The minimum absolute atomic E-state index is 0.500. The zero-order chi connectivity index (χ0) is 13.4. The van der Waals surface area contributed by atoms with E-state index >= 15 is 0 Å². The minimum Gasteiger partial charge on any atom is -0.237 e. The summed E-state index contributed by atoms with van der Waals surface area (Å²) >= 11 is 0. The molecule has 0 aliphatic carbocycles. The summed E-state index contributed by atoms with van der Waals surface area (Å²) in [5.74, 6) is 1.58. The third-order valence-corrected chi connectivity index (χ3v) is 3.57. The van der Waals surface area contributed by atoms with Crippen LogP contribution in [0, 0.1) is 0 Å². The van der Waals surface area contributed by atoms with Gasteiger partial charge in [-0.05, 0) is 41.0 Å². The van der Waals surface area contributed by atoms with Gasteiger partial charge in [-0.25, -0.2) is 4.52 Å². The van der Waals surface area contributed by atoms with E-state index in [4.69, 9.17) is 0 Å². The number of nitrogens with zero attached hydrogens (tertiary/aromatic N) is 2. The quantitative estimate of drug-likeness (QED) is 0.764. The molecule has 98 valence electrons. The Labute approximate surface area is 110 Å². The molecule has 2 heterocycles. The highest BCUT2D eigenvalue weighted by molar-refractivity contribution is 5.60. The molecule has 0 N–H and O–H groups in total. The van der Waals surface area contributed by atoms with Gasteiger partial charge in [-0.1, -0.05) is 41.5 Å². The lowest BCUT2D eigenvalue weighted by Crippen LogP contribution is -2.04. The lowest BCUT2D eigenvalue weighted by atomic mass is 9.97. The number of hydrogen-bond acceptors (Lipinski definition) is 1. The Morgan fingerprint density at radius 2 is 1.50 bits per heavy atom. The van der Waals surface area contributed by atoms with Gasteiger partial charge in [-0.3, -0.25) is 0 Å². The van der Waals surface area contributed by atoms with Crippen molar-refractivity contribution in [2.75, 3.05) is 0 Å². The molecule has 2 aromatic heterocycles. The normalized spacial score (nSPS) is 12.3. The molecule has 0 amide bonds. The van der Waals surface area contributed by atoms with Crippen LogP contribution in [-0.4, -0.2) is 9.61 Å². The van der Waals surface area contributed by atoms with Crippen molar-refractivity contribution < 1.29 is 0 Å². The van der Waals surface area contributed by atoms with Gasteiger partial charge in [-0.2, -0.15) is 5.10 Å². The Hall–Kier alpha value is -1.31. The molecule has 0 aliphatic rings. The molecule has 0 radical (unpaired) electrons. The van der Waals surface area contributed by atoms with Crippen LogP contribution < -0.4 is 0 Å². The Bertz CT molecular complexity index is 547. The van der Waals surface area contributed by atoms with E-state index in [0.717, 1.165) is 0 Å². The molecular formula is C16H24N2. The zero-order valence-electron chi connectivity index (χ0n) is 12.4. The first-order chi connectivity index (χ1) is 8.43. The fourth-order valence-corrected chi connectivity index (χ4v) is 2.66. The van der Waals surface area contributed by atoms with E-state index in [0.29, 0.717) is 17.8 Å². The van der Waals surface area contributed by atoms with Gasteiger partial charge in [0.2, 0.25) is 0 Å². The SMILES string of the molecule is CC(C)c1cc2c(C(C)C)ccnn2c1C(C)C. The molecule has 0 aliphatic heterocycles. The molecule has 0 unspecified atom stereocenters. The maximum absolute atomic E-state index is 4.57. The predicted molar refractivity (Wildman–Crippen MR) is 77.5 cm³/mol. The van der Waals surface area contributed by atoms with Crippen LogP contribution >= 0.6 is 0 Å². The van der Waals surface area contributed by atoms with E-state index < -0.39 is 0 Å². The second-order valence-corrected chi connectivity index (χ2v) is 6.03. The Morgan fingerprint density at radius 1 is 0.889 bits per heavy atom. The molecule has 0 spiro atoms. The second-order valence-electron chi connectivity index (χ2n) is 6.03. The van der Waals surface area contributed by atoms with E-state index in [2.05, 4.69) is 63.3 Å². The van der Waals surface area contributed by atoms with Crippen LogP contribution in [0.25, 0.3) is 5.52 Å². The summed E-state index contributed by atoms with van der Waals surface area (Å²) in [6, 6.07) is 4.48.